The number of carbonyl (C=O) groups excluding carboxylic acids is 1. The van der Waals surface area contributed by atoms with E-state index in [0.29, 0.717) is 12.2 Å². The van der Waals surface area contributed by atoms with E-state index in [4.69, 9.17) is 4.74 Å². The second kappa shape index (κ2) is 4.40. The number of rotatable bonds is 3. The van der Waals surface area contributed by atoms with Crippen LogP contribution in [0.1, 0.15) is 22.0 Å². The molecule has 0 bridgehead atoms. The smallest absolute Gasteiger partial charge is 0.356 e. The SMILES string of the molecule is COC(=O)c1cnc(C)n1Cc1ccn(C)n1. The number of carbonyl (C=O) groups is 1. The monoisotopic (exact) mass is 234 g/mol. The van der Waals surface area contributed by atoms with Crippen LogP contribution in [0.25, 0.3) is 0 Å². The van der Waals surface area contributed by atoms with Gasteiger partial charge >= 0.3 is 5.97 Å². The third kappa shape index (κ3) is 2.20. The van der Waals surface area contributed by atoms with Gasteiger partial charge in [-0.1, -0.05) is 0 Å². The molecule has 0 atom stereocenters. The minimum Gasteiger partial charge on any atom is -0.464 e. The first kappa shape index (κ1) is 11.4. The summed E-state index contributed by atoms with van der Waals surface area (Å²) in [4.78, 5) is 15.7. The van der Waals surface area contributed by atoms with Crippen LogP contribution in [0, 0.1) is 6.92 Å². The van der Waals surface area contributed by atoms with Gasteiger partial charge in [0, 0.05) is 13.2 Å². The van der Waals surface area contributed by atoms with Crippen molar-refractivity contribution in [1.29, 1.82) is 0 Å². The van der Waals surface area contributed by atoms with Crippen molar-refractivity contribution in [1.82, 2.24) is 19.3 Å². The van der Waals surface area contributed by atoms with Crippen LogP contribution in [0.3, 0.4) is 0 Å². The summed E-state index contributed by atoms with van der Waals surface area (Å²) in [6, 6.07) is 1.90. The van der Waals surface area contributed by atoms with Crippen molar-refractivity contribution in [2.75, 3.05) is 7.11 Å². The number of aryl methyl sites for hydroxylation is 2. The summed E-state index contributed by atoms with van der Waals surface area (Å²) in [6.45, 7) is 2.35. The maximum atomic E-state index is 11.5. The Morgan fingerprint density at radius 3 is 2.88 bits per heavy atom. The highest BCUT2D eigenvalue weighted by molar-refractivity contribution is 5.87. The molecule has 0 amide bonds. The molecule has 2 aromatic heterocycles. The molecule has 0 aliphatic carbocycles. The summed E-state index contributed by atoms with van der Waals surface area (Å²) in [5.41, 5.74) is 1.31. The Bertz CT molecular complexity index is 541. The van der Waals surface area contributed by atoms with Gasteiger partial charge in [0.2, 0.25) is 0 Å². The van der Waals surface area contributed by atoms with Crippen LogP contribution in [0.2, 0.25) is 0 Å². The topological polar surface area (TPSA) is 61.9 Å². The number of hydrogen-bond acceptors (Lipinski definition) is 4. The number of ether oxygens (including phenoxy) is 1. The molecule has 0 saturated carbocycles. The van der Waals surface area contributed by atoms with E-state index < -0.39 is 0 Å². The summed E-state index contributed by atoms with van der Waals surface area (Å²) in [6.07, 6.45) is 3.38. The molecule has 0 N–H and O–H groups in total. The lowest BCUT2D eigenvalue weighted by atomic mass is 10.4. The van der Waals surface area contributed by atoms with E-state index in [2.05, 4.69) is 10.1 Å². The first-order chi connectivity index (χ1) is 8.11. The molecule has 0 aliphatic heterocycles. The standard InChI is InChI=1S/C11H14N4O2/c1-8-12-6-10(11(16)17-3)15(8)7-9-4-5-14(2)13-9/h4-6H,7H2,1-3H3. The van der Waals surface area contributed by atoms with Gasteiger partial charge in [-0.2, -0.15) is 5.10 Å². The number of aromatic nitrogens is 4. The molecule has 0 unspecified atom stereocenters. The molecule has 0 aromatic carbocycles. The van der Waals surface area contributed by atoms with Crippen LogP contribution in [0.4, 0.5) is 0 Å². The van der Waals surface area contributed by atoms with Gasteiger partial charge < -0.3 is 9.30 Å². The van der Waals surface area contributed by atoms with Gasteiger partial charge in [0.25, 0.3) is 0 Å². The summed E-state index contributed by atoms with van der Waals surface area (Å²) >= 11 is 0. The highest BCUT2D eigenvalue weighted by atomic mass is 16.5. The van der Waals surface area contributed by atoms with Crippen molar-refractivity contribution in [3.63, 3.8) is 0 Å². The molecule has 0 saturated heterocycles. The van der Waals surface area contributed by atoms with E-state index in [1.54, 1.807) is 9.25 Å². The Labute approximate surface area is 98.8 Å². The third-order valence-electron chi connectivity index (χ3n) is 2.54. The van der Waals surface area contributed by atoms with Crippen molar-refractivity contribution in [3.8, 4) is 0 Å². The zero-order valence-electron chi connectivity index (χ0n) is 10.0. The van der Waals surface area contributed by atoms with E-state index in [-0.39, 0.29) is 5.97 Å². The molecule has 17 heavy (non-hydrogen) atoms. The summed E-state index contributed by atoms with van der Waals surface area (Å²) in [5.74, 6) is 0.373. The highest BCUT2D eigenvalue weighted by Crippen LogP contribution is 2.09. The van der Waals surface area contributed by atoms with Crippen LogP contribution in [-0.4, -0.2) is 32.4 Å². The van der Waals surface area contributed by atoms with Crippen LogP contribution in [-0.2, 0) is 18.3 Å². The van der Waals surface area contributed by atoms with E-state index in [0.717, 1.165) is 11.5 Å². The Morgan fingerprint density at radius 2 is 2.29 bits per heavy atom. The van der Waals surface area contributed by atoms with Gasteiger partial charge in [-0.25, -0.2) is 9.78 Å². The molecule has 6 heteroatoms. The molecule has 2 heterocycles. The van der Waals surface area contributed by atoms with Crippen LogP contribution >= 0.6 is 0 Å². The quantitative estimate of drug-likeness (QED) is 0.735. The molecule has 2 rings (SSSR count). The van der Waals surface area contributed by atoms with Gasteiger partial charge in [-0.15, -0.1) is 0 Å². The van der Waals surface area contributed by atoms with Gasteiger partial charge in [0.05, 0.1) is 25.5 Å². The van der Waals surface area contributed by atoms with Gasteiger partial charge in [0.15, 0.2) is 0 Å². The fraction of sp³-hybridized carbons (Fsp3) is 0.364. The molecule has 0 spiro atoms. The predicted octanol–water partition coefficient (Wildman–Crippen LogP) is 0.760. The molecule has 6 nitrogen and oxygen atoms in total. The zero-order valence-corrected chi connectivity index (χ0v) is 10.0. The minimum absolute atomic E-state index is 0.387. The Hall–Kier alpha value is -2.11. The Kier molecular flexibility index (Phi) is 2.95. The second-order valence-electron chi connectivity index (χ2n) is 3.75. The molecular formula is C11H14N4O2. The van der Waals surface area contributed by atoms with E-state index in [9.17, 15) is 4.79 Å². The molecular weight excluding hydrogens is 220 g/mol. The highest BCUT2D eigenvalue weighted by Gasteiger charge is 2.15. The minimum atomic E-state index is -0.387. The number of methoxy groups -OCH3 is 1. The maximum Gasteiger partial charge on any atom is 0.356 e. The molecule has 0 radical (unpaired) electrons. The number of esters is 1. The average Bonchev–Trinajstić information content (AvgIpc) is 2.87. The first-order valence-electron chi connectivity index (χ1n) is 5.20. The third-order valence-corrected chi connectivity index (χ3v) is 2.54. The van der Waals surface area contributed by atoms with Crippen LogP contribution < -0.4 is 0 Å². The normalized spacial score (nSPS) is 10.5. The maximum absolute atomic E-state index is 11.5. The Balaban J connectivity index is 2.31. The first-order valence-corrected chi connectivity index (χ1v) is 5.20. The largest absolute Gasteiger partial charge is 0.464 e. The van der Waals surface area contributed by atoms with Crippen molar-refractivity contribution in [2.24, 2.45) is 7.05 Å². The van der Waals surface area contributed by atoms with Gasteiger partial charge in [-0.05, 0) is 13.0 Å². The lowest BCUT2D eigenvalue weighted by Gasteiger charge is -2.06. The molecule has 0 fully saturated rings. The lowest BCUT2D eigenvalue weighted by Crippen LogP contribution is -2.13. The average molecular weight is 234 g/mol. The number of hydrogen-bond donors (Lipinski definition) is 0. The van der Waals surface area contributed by atoms with E-state index in [1.807, 2.05) is 26.2 Å². The van der Waals surface area contributed by atoms with Crippen molar-refractivity contribution < 1.29 is 9.53 Å². The van der Waals surface area contributed by atoms with E-state index >= 15 is 0 Å². The lowest BCUT2D eigenvalue weighted by molar-refractivity contribution is 0.0588. The molecule has 90 valence electrons. The second-order valence-corrected chi connectivity index (χ2v) is 3.75. The van der Waals surface area contributed by atoms with Gasteiger partial charge in [-0.3, -0.25) is 4.68 Å². The van der Waals surface area contributed by atoms with Crippen molar-refractivity contribution >= 4 is 5.97 Å². The van der Waals surface area contributed by atoms with E-state index in [1.165, 1.54) is 13.3 Å². The predicted molar refractivity (Wildman–Crippen MR) is 60.6 cm³/mol. The summed E-state index contributed by atoms with van der Waals surface area (Å²) in [5, 5.41) is 4.27. The van der Waals surface area contributed by atoms with Crippen molar-refractivity contribution in [2.45, 2.75) is 13.5 Å². The molecule has 2 aromatic rings. The van der Waals surface area contributed by atoms with Crippen LogP contribution in [0.5, 0.6) is 0 Å². The number of imidazole rings is 1. The summed E-state index contributed by atoms with van der Waals surface area (Å²) < 4.78 is 8.22. The zero-order chi connectivity index (χ0) is 12.4. The fourth-order valence-electron chi connectivity index (χ4n) is 1.64. The molecule has 0 aliphatic rings. The Morgan fingerprint density at radius 1 is 1.53 bits per heavy atom. The van der Waals surface area contributed by atoms with Crippen molar-refractivity contribution in [3.05, 3.63) is 35.7 Å². The summed E-state index contributed by atoms with van der Waals surface area (Å²) in [7, 11) is 3.21. The number of nitrogens with zero attached hydrogens (tertiary/aromatic N) is 4. The van der Waals surface area contributed by atoms with Crippen LogP contribution in [0.15, 0.2) is 18.5 Å². The van der Waals surface area contributed by atoms with Gasteiger partial charge in [0.1, 0.15) is 11.5 Å². The fourth-order valence-corrected chi connectivity index (χ4v) is 1.64.